The fourth-order valence-corrected chi connectivity index (χ4v) is 9.72. The van der Waals surface area contributed by atoms with Crippen LogP contribution in [0.25, 0.3) is 5.57 Å². The number of hydrogen-bond donors (Lipinski definition) is 6. The molecule has 2 unspecified atom stereocenters. The number of rotatable bonds is 22. The highest BCUT2D eigenvalue weighted by molar-refractivity contribution is 6.08. The number of carbonyl (C=O) groups excluding carboxylic acids is 7. The highest BCUT2D eigenvalue weighted by atomic mass is 16.7. The first kappa shape index (κ1) is 57.7. The van der Waals surface area contributed by atoms with Gasteiger partial charge in [-0.1, -0.05) is 35.9 Å². The predicted molar refractivity (Wildman–Crippen MR) is 291 cm³/mol. The van der Waals surface area contributed by atoms with Gasteiger partial charge in [-0.15, -0.1) is 0 Å². The van der Waals surface area contributed by atoms with E-state index in [-0.39, 0.29) is 96.4 Å². The molecule has 424 valence electrons. The van der Waals surface area contributed by atoms with Gasteiger partial charge in [0, 0.05) is 85.5 Å². The van der Waals surface area contributed by atoms with Gasteiger partial charge in [-0.25, -0.2) is 9.69 Å². The molecule has 5 heterocycles. The average Bonchev–Trinajstić information content (AvgIpc) is 4.23. The number of ether oxygens (including phenoxy) is 6. The van der Waals surface area contributed by atoms with Crippen LogP contribution in [0.15, 0.2) is 85.3 Å². The molecule has 0 radical (unpaired) electrons. The van der Waals surface area contributed by atoms with Crippen LogP contribution in [0.5, 0.6) is 17.2 Å². The molecule has 1 fully saturated rings. The molecular weight excluding hydrogens is 1040 g/mol. The van der Waals surface area contributed by atoms with Crippen molar-refractivity contribution >= 4 is 64.6 Å². The predicted octanol–water partition coefficient (Wildman–Crippen LogP) is 5.28. The summed E-state index contributed by atoms with van der Waals surface area (Å²) in [5.41, 5.74) is 4.35. The molecule has 0 bridgehead atoms. The third-order valence-corrected chi connectivity index (χ3v) is 13.9. The summed E-state index contributed by atoms with van der Waals surface area (Å²) in [6.07, 6.45) is 2.67. The summed E-state index contributed by atoms with van der Waals surface area (Å²) >= 11 is 0. The van der Waals surface area contributed by atoms with Crippen molar-refractivity contribution in [1.82, 2.24) is 24.7 Å². The zero-order valence-corrected chi connectivity index (χ0v) is 45.3. The SMILES string of the molecule is CNC(=O)c1cc(COC(=O)N2c3cc(OCCCC(=O)Nc4cc(C(=O)Nc5cc(C(=O)NCCCOC)n(C)c5)n(C)c4)c(OC)cc3C(=O)N3C=C(c4ccc(C)cc4)CC3C2O)ccc1O[C@H]1C[C@@H](CO)C[C@@H](C=O)O1. The fourth-order valence-electron chi connectivity index (χ4n) is 9.72. The number of hydrogen-bond acceptors (Lipinski definition) is 15. The quantitative estimate of drug-likeness (QED) is 0.0380. The summed E-state index contributed by atoms with van der Waals surface area (Å²) in [4.78, 5) is 95.6. The van der Waals surface area contributed by atoms with Crippen molar-refractivity contribution in [1.29, 1.82) is 0 Å². The molecule has 3 aromatic carbocycles. The summed E-state index contributed by atoms with van der Waals surface area (Å²) in [5, 5.41) is 33.1. The maximum Gasteiger partial charge on any atom is 0.416 e. The Morgan fingerprint density at radius 3 is 2.25 bits per heavy atom. The number of aldehydes is 1. The van der Waals surface area contributed by atoms with E-state index in [1.807, 2.05) is 31.2 Å². The molecule has 6 amide bonds. The molecule has 8 rings (SSSR count). The number of methoxy groups -OCH3 is 2. The number of aryl methyl sites for hydroxylation is 3. The Balaban J connectivity index is 0.961. The lowest BCUT2D eigenvalue weighted by molar-refractivity contribution is -0.169. The van der Waals surface area contributed by atoms with Gasteiger partial charge in [0.05, 0.1) is 47.9 Å². The van der Waals surface area contributed by atoms with Crippen LogP contribution in [0.4, 0.5) is 21.9 Å². The molecule has 2 aromatic heterocycles. The molecule has 0 saturated carbocycles. The number of fused-ring (bicyclic) bond motifs is 2. The Kier molecular flexibility index (Phi) is 18.7. The average molecular weight is 1100 g/mol. The van der Waals surface area contributed by atoms with Crippen LogP contribution >= 0.6 is 0 Å². The molecule has 3 aliphatic heterocycles. The molecule has 23 heteroatoms. The maximum absolute atomic E-state index is 14.6. The van der Waals surface area contributed by atoms with Crippen molar-refractivity contribution in [2.45, 2.75) is 76.7 Å². The monoisotopic (exact) mass is 1100 g/mol. The van der Waals surface area contributed by atoms with Crippen molar-refractivity contribution in [3.05, 3.63) is 125 Å². The van der Waals surface area contributed by atoms with Crippen LogP contribution in [0.1, 0.15) is 96.9 Å². The van der Waals surface area contributed by atoms with Crippen LogP contribution in [-0.4, -0.2) is 138 Å². The number of aliphatic hydroxyl groups excluding tert-OH is 2. The highest BCUT2D eigenvalue weighted by Crippen LogP contribution is 2.43. The Labute approximate surface area is 461 Å². The molecule has 1 saturated heterocycles. The van der Waals surface area contributed by atoms with Gasteiger partial charge in [0.25, 0.3) is 23.6 Å². The first-order valence-corrected chi connectivity index (χ1v) is 26.1. The van der Waals surface area contributed by atoms with Crippen molar-refractivity contribution in [3.63, 3.8) is 0 Å². The van der Waals surface area contributed by atoms with E-state index in [1.54, 1.807) is 61.1 Å². The Morgan fingerprint density at radius 2 is 1.56 bits per heavy atom. The molecular formula is C57H66N8O15. The van der Waals surface area contributed by atoms with Crippen molar-refractivity contribution < 1.29 is 72.2 Å². The lowest BCUT2D eigenvalue weighted by Gasteiger charge is -2.32. The summed E-state index contributed by atoms with van der Waals surface area (Å²) in [5.74, 6) is -2.13. The smallest absolute Gasteiger partial charge is 0.416 e. The normalized spacial score (nSPS) is 18.5. The minimum absolute atomic E-state index is 0.0108. The third kappa shape index (κ3) is 13.3. The number of nitrogens with one attached hydrogen (secondary N) is 4. The fraction of sp³-hybridized carbons (Fsp3) is 0.386. The van der Waals surface area contributed by atoms with Crippen LogP contribution in [0, 0.1) is 12.8 Å². The summed E-state index contributed by atoms with van der Waals surface area (Å²) in [7, 11) is 7.75. The topological polar surface area (TPSA) is 280 Å². The number of nitrogens with zero attached hydrogens (tertiary/aromatic N) is 4. The zero-order chi connectivity index (χ0) is 57.2. The number of aromatic nitrogens is 2. The van der Waals surface area contributed by atoms with Crippen LogP contribution < -0.4 is 40.4 Å². The van der Waals surface area contributed by atoms with Gasteiger partial charge in [0.1, 0.15) is 36.1 Å². The molecule has 3 aliphatic rings. The lowest BCUT2D eigenvalue weighted by Crippen LogP contribution is -2.50. The first-order chi connectivity index (χ1) is 38.5. The standard InChI is InChI=1S/C57H66N8O15/c1-33-10-13-36(14-11-33)37-22-46-56(73)65(57(74)78-32-34-12-15-47(42(20-34)52(69)58-2)80-51-21-35(30-66)19-40(31-67)79-51)43-26-49(48(76-6)25-41(43)55(72)64(46)27-37)77-18-7-9-50(68)60-38-23-45(63(4)28-38)54(71)61-39-24-44(62(3)29-39)53(70)59-16-8-17-75-5/h10-15,20,23-29,31,35,40,46,51,56,66,73H,7-9,16-19,21-22,30,32H2,1-6H3,(H,58,69)(H,59,70)(H,60,68)(H,61,71)/t35-,40-,46?,51-,56?/m0/s1. The molecule has 0 aliphatic carbocycles. The van der Waals surface area contributed by atoms with Crippen molar-refractivity contribution in [2.75, 3.05) is 63.2 Å². The summed E-state index contributed by atoms with van der Waals surface area (Å²) in [6, 6.07) is 17.2. The van der Waals surface area contributed by atoms with E-state index in [4.69, 9.17) is 28.4 Å². The second kappa shape index (κ2) is 26.0. The van der Waals surface area contributed by atoms with Gasteiger partial charge in [-0.3, -0.25) is 24.0 Å². The lowest BCUT2D eigenvalue weighted by atomic mass is 9.96. The van der Waals surface area contributed by atoms with Gasteiger partial charge in [0.2, 0.25) is 12.2 Å². The number of amides is 6. The van der Waals surface area contributed by atoms with Gasteiger partial charge < -0.3 is 78.7 Å². The molecule has 5 aromatic rings. The largest absolute Gasteiger partial charge is 0.493 e. The van der Waals surface area contributed by atoms with Gasteiger partial charge in [-0.2, -0.15) is 0 Å². The molecule has 80 heavy (non-hydrogen) atoms. The van der Waals surface area contributed by atoms with Crippen molar-refractivity contribution in [2.24, 2.45) is 20.0 Å². The van der Waals surface area contributed by atoms with Crippen LogP contribution in [-0.2, 0) is 44.5 Å². The van der Waals surface area contributed by atoms with E-state index in [2.05, 4.69) is 21.3 Å². The summed E-state index contributed by atoms with van der Waals surface area (Å²) < 4.78 is 37.7. The number of anilines is 3. The highest BCUT2D eigenvalue weighted by Gasteiger charge is 2.46. The van der Waals surface area contributed by atoms with Crippen molar-refractivity contribution in [3.8, 4) is 17.2 Å². The van der Waals surface area contributed by atoms with E-state index in [9.17, 15) is 43.8 Å². The van der Waals surface area contributed by atoms with E-state index in [0.29, 0.717) is 54.9 Å². The number of carbonyl (C=O) groups is 7. The van der Waals surface area contributed by atoms with Gasteiger partial charge in [0.15, 0.2) is 17.7 Å². The maximum atomic E-state index is 14.6. The Hall–Kier alpha value is -8.51. The Bertz CT molecular complexity index is 3150. The first-order valence-electron chi connectivity index (χ1n) is 26.1. The van der Waals surface area contributed by atoms with E-state index in [0.717, 1.165) is 21.6 Å². The van der Waals surface area contributed by atoms with E-state index < -0.39 is 55.1 Å². The molecule has 6 N–H and O–H groups in total. The minimum Gasteiger partial charge on any atom is -0.493 e. The Morgan fingerprint density at radius 1 is 0.838 bits per heavy atom. The van der Waals surface area contributed by atoms with E-state index >= 15 is 0 Å². The second-order valence-corrected chi connectivity index (χ2v) is 19.7. The van der Waals surface area contributed by atoms with Crippen LogP contribution in [0.2, 0.25) is 0 Å². The zero-order valence-electron chi connectivity index (χ0n) is 45.3. The molecule has 0 spiro atoms. The molecule has 23 nitrogen and oxygen atoms in total. The second-order valence-electron chi connectivity index (χ2n) is 19.7. The minimum atomic E-state index is -1.66. The molecule has 5 atom stereocenters. The third-order valence-electron chi connectivity index (χ3n) is 13.9. The van der Waals surface area contributed by atoms with Gasteiger partial charge >= 0.3 is 6.09 Å². The van der Waals surface area contributed by atoms with Gasteiger partial charge in [-0.05, 0) is 85.6 Å². The number of benzene rings is 3. The summed E-state index contributed by atoms with van der Waals surface area (Å²) in [6.45, 7) is 2.27. The van der Waals surface area contributed by atoms with E-state index in [1.165, 1.54) is 49.4 Å². The number of aliphatic hydroxyl groups is 2. The van der Waals surface area contributed by atoms with Crippen LogP contribution in [0.3, 0.4) is 0 Å².